The van der Waals surface area contributed by atoms with Crippen LogP contribution < -0.4 is 13.9 Å². The van der Waals surface area contributed by atoms with Crippen LogP contribution in [0.1, 0.15) is 15.9 Å². The van der Waals surface area contributed by atoms with Gasteiger partial charge >= 0.3 is 160 Å². The molecule has 0 saturated heterocycles. The van der Waals surface area contributed by atoms with Crippen molar-refractivity contribution in [1.82, 2.24) is 0 Å². The van der Waals surface area contributed by atoms with Crippen molar-refractivity contribution in [2.75, 3.05) is 20.5 Å². The van der Waals surface area contributed by atoms with Crippen molar-refractivity contribution in [3.05, 3.63) is 53.6 Å². The van der Waals surface area contributed by atoms with Crippen LogP contribution in [0.4, 0.5) is 13.2 Å². The van der Waals surface area contributed by atoms with Gasteiger partial charge in [-0.15, -0.1) is 0 Å². The Balaban J connectivity index is 2.34. The molecule has 5 nitrogen and oxygen atoms in total. The summed E-state index contributed by atoms with van der Waals surface area (Å²) in [6.07, 6.45) is -4.51. The van der Waals surface area contributed by atoms with E-state index in [0.717, 1.165) is 10.5 Å². The topological polar surface area (TPSA) is 65.0 Å². The number of hydrogen-bond donors (Lipinski definition) is 1. The Morgan fingerprint density at radius 2 is 1.85 bits per heavy atom. The second-order valence-electron chi connectivity index (χ2n) is 5.32. The van der Waals surface area contributed by atoms with Gasteiger partial charge in [0.2, 0.25) is 0 Å². The average Bonchev–Trinajstić information content (AvgIpc) is 2.62. The zero-order chi connectivity index (χ0) is 19.9. The molecule has 0 unspecified atom stereocenters. The van der Waals surface area contributed by atoms with E-state index in [9.17, 15) is 23.1 Å². The molecule has 0 aliphatic carbocycles. The maximum absolute atomic E-state index is 12.5. The molecule has 146 valence electrons. The van der Waals surface area contributed by atoms with Gasteiger partial charge in [-0.25, -0.2) is 0 Å². The van der Waals surface area contributed by atoms with E-state index < -0.39 is 18.8 Å². The van der Waals surface area contributed by atoms with Crippen molar-refractivity contribution in [3.8, 4) is 11.5 Å². The van der Waals surface area contributed by atoms with E-state index in [1.807, 2.05) is 30.3 Å². The Labute approximate surface area is 160 Å². The second kappa shape index (κ2) is 9.64. The standard InChI is InChI=1S/C18H17F3O5Se/c1-24-11-26-15-8-13(25-10-18(19,20)21)7-12(16(15)17(22)23)9-27-14-5-3-2-4-6-14/h2-8H,9-11H2,1H3,(H,22,23). The molecule has 2 aromatic rings. The molecule has 0 spiro atoms. The van der Waals surface area contributed by atoms with Crippen molar-refractivity contribution in [3.63, 3.8) is 0 Å². The molecule has 0 saturated carbocycles. The van der Waals surface area contributed by atoms with E-state index >= 15 is 0 Å². The fraction of sp³-hybridized carbons (Fsp3) is 0.278. The van der Waals surface area contributed by atoms with Crippen LogP contribution in [0.2, 0.25) is 0 Å². The molecule has 0 aromatic heterocycles. The molecule has 0 radical (unpaired) electrons. The van der Waals surface area contributed by atoms with Gasteiger partial charge in [0.1, 0.15) is 0 Å². The van der Waals surface area contributed by atoms with Crippen LogP contribution in [0.25, 0.3) is 0 Å². The van der Waals surface area contributed by atoms with Gasteiger partial charge in [0.15, 0.2) is 0 Å². The Hall–Kier alpha value is -2.22. The van der Waals surface area contributed by atoms with Crippen LogP contribution in [-0.4, -0.2) is 52.7 Å². The number of methoxy groups -OCH3 is 1. The SMILES string of the molecule is COCOc1cc(OCC(F)(F)F)cc(C[Se]c2ccccc2)c1C(=O)O. The number of ether oxygens (including phenoxy) is 3. The normalized spacial score (nSPS) is 11.3. The molecule has 9 heteroatoms. The van der Waals surface area contributed by atoms with Crippen molar-refractivity contribution in [1.29, 1.82) is 0 Å². The van der Waals surface area contributed by atoms with Crippen molar-refractivity contribution in [2.45, 2.75) is 11.5 Å². The third-order valence-electron chi connectivity index (χ3n) is 3.24. The summed E-state index contributed by atoms with van der Waals surface area (Å²) in [5.41, 5.74) is 0.237. The van der Waals surface area contributed by atoms with E-state index in [0.29, 0.717) is 10.9 Å². The molecule has 2 rings (SSSR count). The molecular weight excluding hydrogens is 432 g/mol. The molecule has 0 fully saturated rings. The van der Waals surface area contributed by atoms with Crippen LogP contribution in [-0.2, 0) is 10.1 Å². The Morgan fingerprint density at radius 1 is 1.15 bits per heavy atom. The van der Waals surface area contributed by atoms with Gasteiger partial charge < -0.3 is 0 Å². The van der Waals surface area contributed by atoms with E-state index in [2.05, 4.69) is 0 Å². The summed E-state index contributed by atoms with van der Waals surface area (Å²) in [5, 5.41) is 9.91. The fourth-order valence-electron chi connectivity index (χ4n) is 2.16. The number of rotatable bonds is 9. The van der Waals surface area contributed by atoms with Gasteiger partial charge in [0, 0.05) is 0 Å². The molecule has 1 N–H and O–H groups in total. The van der Waals surface area contributed by atoms with Crippen molar-refractivity contribution in [2.24, 2.45) is 0 Å². The third kappa shape index (κ3) is 6.78. The average molecular weight is 449 g/mol. The number of carbonyl (C=O) groups is 1. The number of halogens is 3. The summed E-state index contributed by atoms with van der Waals surface area (Å²) < 4.78 is 53.2. The third-order valence-corrected chi connectivity index (χ3v) is 5.47. The zero-order valence-electron chi connectivity index (χ0n) is 14.3. The summed E-state index contributed by atoms with van der Waals surface area (Å²) in [4.78, 5) is 11.7. The van der Waals surface area contributed by atoms with Crippen LogP contribution in [0.3, 0.4) is 0 Å². The minimum atomic E-state index is -4.51. The number of carboxylic acid groups (broad SMARTS) is 1. The minimum absolute atomic E-state index is 0.0945. The van der Waals surface area contributed by atoms with E-state index in [1.165, 1.54) is 13.2 Å². The molecule has 0 aliphatic rings. The van der Waals surface area contributed by atoms with Crippen molar-refractivity contribution >= 4 is 25.4 Å². The molecule has 0 amide bonds. The van der Waals surface area contributed by atoms with Gasteiger partial charge in [-0.1, -0.05) is 0 Å². The molecule has 2 aromatic carbocycles. The maximum atomic E-state index is 12.5. The summed E-state index contributed by atoms with van der Waals surface area (Å²) in [5.74, 6) is -1.44. The summed E-state index contributed by atoms with van der Waals surface area (Å²) >= 11 is -0.118. The molecular formula is C18H17F3O5Se. The fourth-order valence-corrected chi connectivity index (χ4v) is 4.05. The molecule has 0 heterocycles. The quantitative estimate of drug-likeness (QED) is 0.471. The number of carboxylic acids is 1. The summed E-state index contributed by atoms with van der Waals surface area (Å²) in [6, 6.07) is 11.9. The Bertz CT molecular complexity index is 766. The van der Waals surface area contributed by atoms with Crippen LogP contribution >= 0.6 is 0 Å². The van der Waals surface area contributed by atoms with E-state index in [-0.39, 0.29) is 38.8 Å². The number of benzene rings is 2. The molecule has 27 heavy (non-hydrogen) atoms. The van der Waals surface area contributed by atoms with Gasteiger partial charge in [-0.2, -0.15) is 0 Å². The molecule has 0 bridgehead atoms. The van der Waals surface area contributed by atoms with Crippen LogP contribution in [0.5, 0.6) is 11.5 Å². The monoisotopic (exact) mass is 450 g/mol. The molecule has 0 atom stereocenters. The number of hydrogen-bond acceptors (Lipinski definition) is 4. The summed E-state index contributed by atoms with van der Waals surface area (Å²) in [6.45, 7) is -1.72. The van der Waals surface area contributed by atoms with E-state index in [4.69, 9.17) is 14.2 Å². The first-order valence-electron chi connectivity index (χ1n) is 7.69. The summed E-state index contributed by atoms with van der Waals surface area (Å²) in [7, 11) is 1.35. The first-order chi connectivity index (χ1) is 12.8. The Kier molecular flexibility index (Phi) is 7.53. The number of alkyl halides is 3. The van der Waals surface area contributed by atoms with Crippen LogP contribution in [0.15, 0.2) is 42.5 Å². The molecule has 0 aliphatic heterocycles. The zero-order valence-corrected chi connectivity index (χ0v) is 16.0. The van der Waals surface area contributed by atoms with Crippen LogP contribution in [0, 0.1) is 0 Å². The van der Waals surface area contributed by atoms with E-state index in [1.54, 1.807) is 0 Å². The van der Waals surface area contributed by atoms with Gasteiger partial charge in [-0.05, 0) is 0 Å². The van der Waals surface area contributed by atoms with Crippen molar-refractivity contribution < 1.29 is 37.3 Å². The van der Waals surface area contributed by atoms with Gasteiger partial charge in [-0.3, -0.25) is 0 Å². The Morgan fingerprint density at radius 3 is 2.44 bits per heavy atom. The predicted molar refractivity (Wildman–Crippen MR) is 93.0 cm³/mol. The second-order valence-corrected chi connectivity index (χ2v) is 7.52. The first-order valence-corrected chi connectivity index (χ1v) is 9.76. The number of aromatic carboxylic acids is 1. The predicted octanol–water partition coefficient (Wildman–Crippen LogP) is 2.84. The first kappa shape index (κ1) is 21.1. The van der Waals surface area contributed by atoms with Gasteiger partial charge in [0.05, 0.1) is 0 Å². The van der Waals surface area contributed by atoms with Gasteiger partial charge in [0.25, 0.3) is 0 Å².